The smallest absolute Gasteiger partial charge is 0.163 e. The highest BCUT2D eigenvalue weighted by Crippen LogP contribution is 2.17. The summed E-state index contributed by atoms with van der Waals surface area (Å²) in [6.07, 6.45) is 0. The van der Waals surface area contributed by atoms with Crippen LogP contribution in [0.3, 0.4) is 0 Å². The first-order valence-electron chi connectivity index (χ1n) is 6.00. The Morgan fingerprint density at radius 2 is 1.63 bits per heavy atom. The molecule has 0 aromatic heterocycles. The Hall–Kier alpha value is -1.81. The van der Waals surface area contributed by atoms with Crippen molar-refractivity contribution in [3.05, 3.63) is 71.0 Å². The highest BCUT2D eigenvalue weighted by molar-refractivity contribution is 5.22. The summed E-state index contributed by atoms with van der Waals surface area (Å²) in [6.45, 7) is 1.91. The van der Waals surface area contributed by atoms with Gasteiger partial charge in [0.2, 0.25) is 0 Å². The molecule has 0 aliphatic heterocycles. The Bertz CT molecular complexity index is 569. The van der Waals surface area contributed by atoms with Gasteiger partial charge in [0.25, 0.3) is 0 Å². The third-order valence-electron chi connectivity index (χ3n) is 3.00. The van der Waals surface area contributed by atoms with E-state index < -0.39 is 11.6 Å². The topological polar surface area (TPSA) is 12.0 Å². The Morgan fingerprint density at radius 3 is 2.37 bits per heavy atom. The zero-order valence-corrected chi connectivity index (χ0v) is 10.5. The van der Waals surface area contributed by atoms with Crippen LogP contribution in [0.4, 0.5) is 13.2 Å². The van der Waals surface area contributed by atoms with Crippen LogP contribution < -0.4 is 5.32 Å². The van der Waals surface area contributed by atoms with E-state index in [-0.39, 0.29) is 24.0 Å². The maximum atomic E-state index is 13.5. The van der Waals surface area contributed by atoms with Gasteiger partial charge in [-0.1, -0.05) is 30.3 Å². The van der Waals surface area contributed by atoms with E-state index in [4.69, 9.17) is 0 Å². The molecule has 0 aliphatic carbocycles. The van der Waals surface area contributed by atoms with Gasteiger partial charge in [0.1, 0.15) is 5.82 Å². The second-order valence-corrected chi connectivity index (χ2v) is 4.34. The first kappa shape index (κ1) is 13.6. The van der Waals surface area contributed by atoms with Crippen LogP contribution in [0, 0.1) is 17.5 Å². The van der Waals surface area contributed by atoms with Crippen molar-refractivity contribution in [3.63, 3.8) is 0 Å². The standard InChI is InChI=1S/C15H14F3N/c1-10(12-6-2-3-7-13(12)16)19-9-11-5-4-8-14(17)15(11)18/h2-8,10,19H,9H2,1H3. The Labute approximate surface area is 110 Å². The highest BCUT2D eigenvalue weighted by atomic mass is 19.2. The number of hydrogen-bond acceptors (Lipinski definition) is 1. The third kappa shape index (κ3) is 3.15. The largest absolute Gasteiger partial charge is 0.306 e. The number of benzene rings is 2. The van der Waals surface area contributed by atoms with Crippen LogP contribution in [-0.4, -0.2) is 0 Å². The van der Waals surface area contributed by atoms with Crippen molar-refractivity contribution in [1.82, 2.24) is 5.32 Å². The molecule has 19 heavy (non-hydrogen) atoms. The maximum Gasteiger partial charge on any atom is 0.163 e. The van der Waals surface area contributed by atoms with E-state index in [0.29, 0.717) is 5.56 Å². The molecule has 100 valence electrons. The maximum absolute atomic E-state index is 13.5. The second kappa shape index (κ2) is 5.89. The van der Waals surface area contributed by atoms with Gasteiger partial charge in [0, 0.05) is 23.7 Å². The molecular formula is C15H14F3N. The van der Waals surface area contributed by atoms with E-state index in [0.717, 1.165) is 6.07 Å². The molecule has 4 heteroatoms. The molecule has 1 unspecified atom stereocenters. The molecule has 1 nitrogen and oxygen atoms in total. The molecular weight excluding hydrogens is 251 g/mol. The fourth-order valence-corrected chi connectivity index (χ4v) is 1.88. The predicted octanol–water partition coefficient (Wildman–Crippen LogP) is 3.95. The van der Waals surface area contributed by atoms with Crippen molar-refractivity contribution >= 4 is 0 Å². The van der Waals surface area contributed by atoms with Gasteiger partial charge >= 0.3 is 0 Å². The van der Waals surface area contributed by atoms with Crippen LogP contribution in [0.25, 0.3) is 0 Å². The molecule has 0 saturated carbocycles. The van der Waals surface area contributed by atoms with E-state index in [1.165, 1.54) is 18.2 Å². The number of nitrogens with one attached hydrogen (secondary N) is 1. The molecule has 0 fully saturated rings. The minimum absolute atomic E-state index is 0.138. The quantitative estimate of drug-likeness (QED) is 0.882. The first-order valence-corrected chi connectivity index (χ1v) is 6.00. The third-order valence-corrected chi connectivity index (χ3v) is 3.00. The molecule has 2 aromatic carbocycles. The predicted molar refractivity (Wildman–Crippen MR) is 68.0 cm³/mol. The minimum atomic E-state index is -0.877. The van der Waals surface area contributed by atoms with Gasteiger partial charge in [-0.15, -0.1) is 0 Å². The van der Waals surface area contributed by atoms with Gasteiger partial charge in [-0.3, -0.25) is 0 Å². The molecule has 1 N–H and O–H groups in total. The van der Waals surface area contributed by atoms with Crippen LogP contribution in [0.5, 0.6) is 0 Å². The van der Waals surface area contributed by atoms with Gasteiger partial charge in [-0.25, -0.2) is 13.2 Å². The lowest BCUT2D eigenvalue weighted by Gasteiger charge is -2.15. The van der Waals surface area contributed by atoms with Crippen molar-refractivity contribution < 1.29 is 13.2 Å². The van der Waals surface area contributed by atoms with Gasteiger partial charge in [0.15, 0.2) is 11.6 Å². The molecule has 0 aliphatic rings. The second-order valence-electron chi connectivity index (χ2n) is 4.34. The van der Waals surface area contributed by atoms with Crippen molar-refractivity contribution in [1.29, 1.82) is 0 Å². The normalized spacial score (nSPS) is 12.4. The van der Waals surface area contributed by atoms with Crippen LogP contribution in [0.15, 0.2) is 42.5 Å². The van der Waals surface area contributed by atoms with E-state index in [1.807, 2.05) is 0 Å². The SMILES string of the molecule is CC(NCc1cccc(F)c1F)c1ccccc1F. The molecule has 0 spiro atoms. The summed E-state index contributed by atoms with van der Waals surface area (Å²) >= 11 is 0. The number of rotatable bonds is 4. The zero-order chi connectivity index (χ0) is 13.8. The van der Waals surface area contributed by atoms with Gasteiger partial charge < -0.3 is 5.32 Å². The monoisotopic (exact) mass is 265 g/mol. The number of halogens is 3. The van der Waals surface area contributed by atoms with Crippen LogP contribution in [0.2, 0.25) is 0 Å². The summed E-state index contributed by atoms with van der Waals surface area (Å²) in [4.78, 5) is 0. The lowest BCUT2D eigenvalue weighted by atomic mass is 10.1. The van der Waals surface area contributed by atoms with Gasteiger partial charge in [-0.05, 0) is 19.1 Å². The molecule has 0 saturated heterocycles. The number of hydrogen-bond donors (Lipinski definition) is 1. The summed E-state index contributed by atoms with van der Waals surface area (Å²) in [6, 6.07) is 10.1. The summed E-state index contributed by atoms with van der Waals surface area (Å²) < 4.78 is 40.0. The van der Waals surface area contributed by atoms with Crippen molar-refractivity contribution in [2.24, 2.45) is 0 Å². The Kier molecular flexibility index (Phi) is 4.22. The van der Waals surface area contributed by atoms with Crippen molar-refractivity contribution in [2.75, 3.05) is 0 Å². The van der Waals surface area contributed by atoms with Crippen molar-refractivity contribution in [3.8, 4) is 0 Å². The Morgan fingerprint density at radius 1 is 0.947 bits per heavy atom. The van der Waals surface area contributed by atoms with Gasteiger partial charge in [0.05, 0.1) is 0 Å². The molecule has 0 amide bonds. The first-order chi connectivity index (χ1) is 9.09. The van der Waals surface area contributed by atoms with Crippen LogP contribution in [-0.2, 0) is 6.54 Å². The molecule has 0 heterocycles. The lowest BCUT2D eigenvalue weighted by molar-refractivity contribution is 0.479. The average Bonchev–Trinajstić information content (AvgIpc) is 2.40. The van der Waals surface area contributed by atoms with E-state index in [2.05, 4.69) is 5.32 Å². The van der Waals surface area contributed by atoms with Crippen molar-refractivity contribution in [2.45, 2.75) is 19.5 Å². The van der Waals surface area contributed by atoms with E-state index in [1.54, 1.807) is 25.1 Å². The molecule has 2 rings (SSSR count). The summed E-state index contributed by atoms with van der Waals surface area (Å²) in [5.74, 6) is -2.06. The summed E-state index contributed by atoms with van der Waals surface area (Å²) in [5, 5.41) is 2.98. The fraction of sp³-hybridized carbons (Fsp3) is 0.200. The molecule has 0 bridgehead atoms. The van der Waals surface area contributed by atoms with Gasteiger partial charge in [-0.2, -0.15) is 0 Å². The molecule has 1 atom stereocenters. The van der Waals surface area contributed by atoms with Crippen LogP contribution >= 0.6 is 0 Å². The Balaban J connectivity index is 2.07. The van der Waals surface area contributed by atoms with E-state index in [9.17, 15) is 13.2 Å². The highest BCUT2D eigenvalue weighted by Gasteiger charge is 2.12. The zero-order valence-electron chi connectivity index (χ0n) is 10.5. The summed E-state index contributed by atoms with van der Waals surface area (Å²) in [5.41, 5.74) is 0.725. The average molecular weight is 265 g/mol. The lowest BCUT2D eigenvalue weighted by Crippen LogP contribution is -2.20. The fourth-order valence-electron chi connectivity index (χ4n) is 1.88. The van der Waals surface area contributed by atoms with E-state index >= 15 is 0 Å². The minimum Gasteiger partial charge on any atom is -0.306 e. The molecule has 0 radical (unpaired) electrons. The van der Waals surface area contributed by atoms with Crippen LogP contribution in [0.1, 0.15) is 24.1 Å². The summed E-state index contributed by atoms with van der Waals surface area (Å²) in [7, 11) is 0. The molecule has 2 aromatic rings.